The van der Waals surface area contributed by atoms with Crippen molar-refractivity contribution in [3.63, 3.8) is 0 Å². The molecular weight excluding hydrogens is 554 g/mol. The number of amidine groups is 1. The molecule has 5 rings (SSSR count). The van der Waals surface area contributed by atoms with E-state index >= 15 is 0 Å². The van der Waals surface area contributed by atoms with Crippen LogP contribution in [0.3, 0.4) is 0 Å². The fraction of sp³-hybridized carbons (Fsp3) is 0.833. The summed E-state index contributed by atoms with van der Waals surface area (Å²) >= 11 is 9.34. The smallest absolute Gasteiger partial charge is 0.316 e. The first kappa shape index (κ1) is 31.7. The summed E-state index contributed by atoms with van der Waals surface area (Å²) in [7, 11) is 0. The zero-order valence-electron chi connectivity index (χ0n) is 19.5. The van der Waals surface area contributed by atoms with Crippen LogP contribution in [0, 0.1) is 29.6 Å². The second-order valence-corrected chi connectivity index (χ2v) is 13.2. The van der Waals surface area contributed by atoms with Crippen molar-refractivity contribution in [3.05, 3.63) is 0 Å². The Balaban J connectivity index is 0.000000271. The number of hydrogen-bond donors (Lipinski definition) is 3. The SMILES string of the molecule is C.CC(Br)C(=O)O.CC1SC(=NC2CC3CCC2C3)NC1=O.NC(=S)CC1CC2CCC1C2.S. The number of alkyl halides is 1. The lowest BCUT2D eigenvalue weighted by Gasteiger charge is -2.20. The molecule has 0 spiro atoms. The van der Waals surface area contributed by atoms with Crippen molar-refractivity contribution in [3.8, 4) is 0 Å². The summed E-state index contributed by atoms with van der Waals surface area (Å²) in [6.45, 7) is 3.49. The normalized spacial score (nSPS) is 36.3. The lowest BCUT2D eigenvalue weighted by molar-refractivity contribution is -0.135. The number of fused-ring (bicyclic) bond motifs is 4. The van der Waals surface area contributed by atoms with E-state index in [4.69, 9.17) is 28.1 Å². The summed E-state index contributed by atoms with van der Waals surface area (Å²) < 4.78 is 0. The standard InChI is InChI=1S/C11H16N2OS.C9H15NS.C3H5BrO2.CH4.H2S/c1-6-10(14)13-11(15-6)12-9-5-7-2-3-8(9)4-7;10-9(11)5-8-4-6-1-2-7(8)3-6;1-2(4)3(5)6;;/h6-9H,2-5H2,1H3,(H,12,13,14);6-8H,1-5H2,(H2,10,11);2H,1H3,(H,5,6);1H4;1H2. The van der Waals surface area contributed by atoms with Gasteiger partial charge < -0.3 is 16.2 Å². The first-order valence-corrected chi connectivity index (χ1v) is 14.0. The first-order chi connectivity index (χ1) is 15.1. The minimum Gasteiger partial charge on any atom is -0.480 e. The van der Waals surface area contributed by atoms with Gasteiger partial charge in [-0.1, -0.05) is 60.2 Å². The van der Waals surface area contributed by atoms with Crippen LogP contribution < -0.4 is 11.1 Å². The molecule has 0 aromatic carbocycles. The molecule has 6 nitrogen and oxygen atoms in total. The van der Waals surface area contributed by atoms with Gasteiger partial charge in [0.05, 0.1) is 16.3 Å². The number of nitrogens with one attached hydrogen (secondary N) is 1. The largest absolute Gasteiger partial charge is 0.480 e. The lowest BCUT2D eigenvalue weighted by atomic mass is 9.86. The summed E-state index contributed by atoms with van der Waals surface area (Å²) in [5.41, 5.74) is 5.54. The maximum absolute atomic E-state index is 11.3. The molecule has 0 radical (unpaired) electrons. The predicted molar refractivity (Wildman–Crippen MR) is 155 cm³/mol. The monoisotopic (exact) mass is 595 g/mol. The van der Waals surface area contributed by atoms with Gasteiger partial charge in [-0.3, -0.25) is 14.6 Å². The van der Waals surface area contributed by atoms with Gasteiger partial charge in [-0.05, 0) is 82.0 Å². The van der Waals surface area contributed by atoms with Crippen LogP contribution in [-0.2, 0) is 9.59 Å². The Bertz CT molecular complexity index is 752. The fourth-order valence-corrected chi connectivity index (χ4v) is 7.00. The first-order valence-electron chi connectivity index (χ1n) is 11.8. The molecule has 5 aliphatic rings. The highest BCUT2D eigenvalue weighted by Gasteiger charge is 2.40. The summed E-state index contributed by atoms with van der Waals surface area (Å²) in [6, 6.07) is 0.497. The molecule has 4 N–H and O–H groups in total. The number of carbonyl (C=O) groups excluding carboxylic acids is 1. The van der Waals surface area contributed by atoms with Crippen molar-refractivity contribution in [1.82, 2.24) is 5.32 Å². The van der Waals surface area contributed by atoms with Crippen molar-refractivity contribution in [1.29, 1.82) is 0 Å². The van der Waals surface area contributed by atoms with Gasteiger partial charge in [-0.15, -0.1) is 0 Å². The molecule has 196 valence electrons. The third-order valence-electron chi connectivity index (χ3n) is 7.56. The number of hydrogen-bond acceptors (Lipinski definition) is 5. The highest BCUT2D eigenvalue weighted by atomic mass is 79.9. The fourth-order valence-electron chi connectivity index (χ4n) is 5.92. The Morgan fingerprint density at radius 3 is 2.12 bits per heavy atom. The Kier molecular flexibility index (Phi) is 13.5. The molecule has 10 heteroatoms. The molecular formula is C24H42BrN3O3S3. The Morgan fingerprint density at radius 2 is 1.76 bits per heavy atom. The molecule has 4 bridgehead atoms. The Labute approximate surface area is 230 Å². The molecule has 1 aliphatic heterocycles. The average molecular weight is 597 g/mol. The number of thiocarbonyl (C=S) groups is 1. The number of halogens is 1. The quantitative estimate of drug-likeness (QED) is 0.293. The van der Waals surface area contributed by atoms with E-state index in [0.717, 1.165) is 46.2 Å². The summed E-state index contributed by atoms with van der Waals surface area (Å²) in [4.78, 5) is 26.0. The molecule has 1 saturated heterocycles. The Hall–Kier alpha value is -0.320. The highest BCUT2D eigenvalue weighted by molar-refractivity contribution is 9.10. The number of thioether (sulfide) groups is 1. The third kappa shape index (κ3) is 8.96. The van der Waals surface area contributed by atoms with E-state index in [9.17, 15) is 9.59 Å². The number of aliphatic carboxylic acids is 1. The minimum atomic E-state index is -0.824. The maximum atomic E-state index is 11.3. The van der Waals surface area contributed by atoms with Crippen molar-refractivity contribution in [2.45, 2.75) is 95.2 Å². The van der Waals surface area contributed by atoms with Gasteiger partial charge in [0, 0.05) is 6.42 Å². The molecule has 0 aromatic rings. The van der Waals surface area contributed by atoms with Gasteiger partial charge in [-0.2, -0.15) is 13.5 Å². The summed E-state index contributed by atoms with van der Waals surface area (Å²) in [5, 5.41) is 11.7. The zero-order valence-corrected chi connectivity index (χ0v) is 23.7. The second kappa shape index (κ2) is 14.4. The van der Waals surface area contributed by atoms with Crippen LogP contribution in [0.1, 0.15) is 79.1 Å². The predicted octanol–water partition coefficient (Wildman–Crippen LogP) is 5.48. The van der Waals surface area contributed by atoms with Crippen LogP contribution in [0.25, 0.3) is 0 Å². The number of rotatable bonds is 4. The number of carboxylic acids is 1. The van der Waals surface area contributed by atoms with Crippen LogP contribution >= 0.6 is 53.4 Å². The average Bonchev–Trinajstić information content (AvgIpc) is 3.52. The topological polar surface area (TPSA) is 105 Å². The molecule has 8 unspecified atom stereocenters. The Morgan fingerprint density at radius 1 is 1.21 bits per heavy atom. The zero-order chi connectivity index (χ0) is 23.4. The van der Waals surface area contributed by atoms with Gasteiger partial charge in [0.25, 0.3) is 0 Å². The summed E-state index contributed by atoms with van der Waals surface area (Å²) in [5.74, 6) is 3.86. The van der Waals surface area contributed by atoms with Crippen molar-refractivity contribution in [2.24, 2.45) is 40.3 Å². The third-order valence-corrected chi connectivity index (χ3v) is 9.12. The molecule has 1 heterocycles. The van der Waals surface area contributed by atoms with Gasteiger partial charge in [0.15, 0.2) is 5.17 Å². The molecule has 8 atom stereocenters. The van der Waals surface area contributed by atoms with E-state index in [1.165, 1.54) is 51.4 Å². The number of aliphatic imine (C=N–C) groups is 1. The van der Waals surface area contributed by atoms with Crippen molar-refractivity contribution >= 4 is 75.4 Å². The lowest BCUT2D eigenvalue weighted by Crippen LogP contribution is -2.25. The van der Waals surface area contributed by atoms with E-state index in [-0.39, 0.29) is 32.1 Å². The van der Waals surface area contributed by atoms with E-state index in [0.29, 0.717) is 6.04 Å². The second-order valence-electron chi connectivity index (χ2n) is 9.99. The van der Waals surface area contributed by atoms with Crippen molar-refractivity contribution in [2.75, 3.05) is 0 Å². The molecule has 5 fully saturated rings. The van der Waals surface area contributed by atoms with Crippen LogP contribution in [-0.4, -0.2) is 43.3 Å². The van der Waals surface area contributed by atoms with Gasteiger partial charge in [-0.25, -0.2) is 0 Å². The number of carboxylic acid groups (broad SMARTS) is 1. The maximum Gasteiger partial charge on any atom is 0.316 e. The molecule has 34 heavy (non-hydrogen) atoms. The minimum absolute atomic E-state index is 0. The van der Waals surface area contributed by atoms with E-state index < -0.39 is 10.8 Å². The van der Waals surface area contributed by atoms with Crippen LogP contribution in [0.4, 0.5) is 0 Å². The summed E-state index contributed by atoms with van der Waals surface area (Å²) in [6.07, 6.45) is 12.2. The number of nitrogens with two attached hydrogens (primary N) is 1. The van der Waals surface area contributed by atoms with Gasteiger partial charge in [0.2, 0.25) is 5.91 Å². The van der Waals surface area contributed by atoms with Gasteiger partial charge in [0.1, 0.15) is 4.83 Å². The van der Waals surface area contributed by atoms with E-state index in [2.05, 4.69) is 21.2 Å². The highest BCUT2D eigenvalue weighted by Crippen LogP contribution is 2.49. The number of carbonyl (C=O) groups is 2. The molecule has 4 saturated carbocycles. The molecule has 1 amide bonds. The van der Waals surface area contributed by atoms with Crippen LogP contribution in [0.2, 0.25) is 0 Å². The van der Waals surface area contributed by atoms with E-state index in [1.807, 2.05) is 6.92 Å². The molecule has 4 aliphatic carbocycles. The van der Waals surface area contributed by atoms with E-state index in [1.54, 1.807) is 18.7 Å². The van der Waals surface area contributed by atoms with Crippen LogP contribution in [0.15, 0.2) is 4.99 Å². The number of nitrogens with zero attached hydrogens (tertiary/aromatic N) is 1. The van der Waals surface area contributed by atoms with Crippen molar-refractivity contribution < 1.29 is 14.7 Å². The molecule has 0 aromatic heterocycles. The number of amides is 1. The van der Waals surface area contributed by atoms with Gasteiger partial charge >= 0.3 is 5.97 Å². The van der Waals surface area contributed by atoms with Crippen LogP contribution in [0.5, 0.6) is 0 Å².